The Morgan fingerprint density at radius 2 is 2.24 bits per heavy atom. The van der Waals surface area contributed by atoms with Gasteiger partial charge in [-0.25, -0.2) is 4.39 Å². The smallest absolute Gasteiger partial charge is 0.126 e. The topological polar surface area (TPSA) is 9.23 Å². The number of rotatable bonds is 4. The number of benzene rings is 1. The minimum atomic E-state index is -0.232. The standard InChI is InChI=1S/C14H18ClFO/c1-3-13-11(6-4-9(2)15)12-7-5-10(16)8-14(12)17-13/h5,7-9,11,13H,3-4,6H2,1-2H3/t9-,11?,13+/m1/s1. The lowest BCUT2D eigenvalue weighted by molar-refractivity contribution is 0.194. The van der Waals surface area contributed by atoms with Crippen LogP contribution in [0.15, 0.2) is 18.2 Å². The van der Waals surface area contributed by atoms with Gasteiger partial charge in [0.25, 0.3) is 0 Å². The maximum Gasteiger partial charge on any atom is 0.126 e. The third-order valence-electron chi connectivity index (χ3n) is 3.38. The molecule has 0 aliphatic carbocycles. The molecule has 0 radical (unpaired) electrons. The van der Waals surface area contributed by atoms with Gasteiger partial charge >= 0.3 is 0 Å². The van der Waals surface area contributed by atoms with E-state index in [1.807, 2.05) is 13.0 Å². The second-order valence-electron chi connectivity index (χ2n) is 4.71. The Labute approximate surface area is 107 Å². The summed E-state index contributed by atoms with van der Waals surface area (Å²) < 4.78 is 18.9. The fourth-order valence-corrected chi connectivity index (χ4v) is 2.61. The molecule has 3 heteroatoms. The molecule has 0 fully saturated rings. The van der Waals surface area contributed by atoms with Gasteiger partial charge in [0.2, 0.25) is 0 Å². The normalized spacial score (nSPS) is 24.2. The van der Waals surface area contributed by atoms with Gasteiger partial charge in [-0.3, -0.25) is 0 Å². The summed E-state index contributed by atoms with van der Waals surface area (Å²) in [4.78, 5) is 0. The summed E-state index contributed by atoms with van der Waals surface area (Å²) in [5.74, 6) is 0.839. The molecular weight excluding hydrogens is 239 g/mol. The SMILES string of the molecule is CC[C@@H]1Oc2cc(F)ccc2C1CC[C@@H](C)Cl. The Morgan fingerprint density at radius 1 is 1.47 bits per heavy atom. The minimum Gasteiger partial charge on any atom is -0.489 e. The highest BCUT2D eigenvalue weighted by Crippen LogP contribution is 2.42. The quantitative estimate of drug-likeness (QED) is 0.722. The second-order valence-corrected chi connectivity index (χ2v) is 5.46. The third kappa shape index (κ3) is 2.74. The van der Waals surface area contributed by atoms with Gasteiger partial charge in [0.05, 0.1) is 0 Å². The lowest BCUT2D eigenvalue weighted by Gasteiger charge is -2.17. The fraction of sp³-hybridized carbons (Fsp3) is 0.571. The molecule has 3 atom stereocenters. The van der Waals surface area contributed by atoms with Crippen molar-refractivity contribution in [2.75, 3.05) is 0 Å². The predicted octanol–water partition coefficient (Wildman–Crippen LogP) is 4.49. The van der Waals surface area contributed by atoms with E-state index in [9.17, 15) is 4.39 Å². The van der Waals surface area contributed by atoms with Crippen LogP contribution >= 0.6 is 11.6 Å². The van der Waals surface area contributed by atoms with Gasteiger partial charge in [0, 0.05) is 22.9 Å². The summed E-state index contributed by atoms with van der Waals surface area (Å²) in [5.41, 5.74) is 1.13. The number of hydrogen-bond acceptors (Lipinski definition) is 1. The summed E-state index contributed by atoms with van der Waals surface area (Å²) in [6.45, 7) is 4.11. The third-order valence-corrected chi connectivity index (χ3v) is 3.60. The van der Waals surface area contributed by atoms with Gasteiger partial charge in [-0.1, -0.05) is 13.0 Å². The number of ether oxygens (including phenoxy) is 1. The molecule has 0 spiro atoms. The molecule has 1 aromatic carbocycles. The summed E-state index contributed by atoms with van der Waals surface area (Å²) in [6, 6.07) is 4.85. The lowest BCUT2D eigenvalue weighted by Crippen LogP contribution is -2.18. The average molecular weight is 257 g/mol. The van der Waals surface area contributed by atoms with Gasteiger partial charge < -0.3 is 4.74 Å². The highest BCUT2D eigenvalue weighted by molar-refractivity contribution is 6.20. The van der Waals surface area contributed by atoms with Crippen LogP contribution in [0.1, 0.15) is 44.6 Å². The first-order chi connectivity index (χ1) is 8.11. The molecular formula is C14H18ClFO. The highest BCUT2D eigenvalue weighted by Gasteiger charge is 2.33. The fourth-order valence-electron chi connectivity index (χ4n) is 2.48. The molecule has 1 heterocycles. The Balaban J connectivity index is 2.18. The maximum absolute atomic E-state index is 13.1. The van der Waals surface area contributed by atoms with Crippen molar-refractivity contribution in [3.63, 3.8) is 0 Å². The first kappa shape index (κ1) is 12.7. The molecule has 0 saturated carbocycles. The first-order valence-corrected chi connectivity index (χ1v) is 6.65. The Kier molecular flexibility index (Phi) is 3.93. The molecule has 1 nitrogen and oxygen atoms in total. The van der Waals surface area contributed by atoms with Crippen LogP contribution in [0.5, 0.6) is 5.75 Å². The summed E-state index contributed by atoms with van der Waals surface area (Å²) in [5, 5.41) is 0.178. The monoisotopic (exact) mass is 256 g/mol. The molecule has 0 saturated heterocycles. The molecule has 0 amide bonds. The molecule has 94 valence electrons. The molecule has 1 aliphatic heterocycles. The number of fused-ring (bicyclic) bond motifs is 1. The van der Waals surface area contributed by atoms with E-state index in [0.29, 0.717) is 11.7 Å². The molecule has 0 bridgehead atoms. The van der Waals surface area contributed by atoms with E-state index in [1.54, 1.807) is 0 Å². The lowest BCUT2D eigenvalue weighted by atomic mass is 9.89. The van der Waals surface area contributed by atoms with E-state index < -0.39 is 0 Å². The largest absolute Gasteiger partial charge is 0.489 e. The van der Waals surface area contributed by atoms with Gasteiger partial charge in [-0.05, 0) is 32.3 Å². The van der Waals surface area contributed by atoms with Crippen LogP contribution in [0, 0.1) is 5.82 Å². The van der Waals surface area contributed by atoms with Crippen molar-refractivity contribution in [3.8, 4) is 5.75 Å². The van der Waals surface area contributed by atoms with Gasteiger partial charge in [0.15, 0.2) is 0 Å². The van der Waals surface area contributed by atoms with Crippen LogP contribution in [0.4, 0.5) is 4.39 Å². The van der Waals surface area contributed by atoms with E-state index >= 15 is 0 Å². The molecule has 0 aromatic heterocycles. The first-order valence-electron chi connectivity index (χ1n) is 6.22. The summed E-state index contributed by atoms with van der Waals surface area (Å²) in [7, 11) is 0. The molecule has 1 unspecified atom stereocenters. The van der Waals surface area contributed by atoms with Crippen LogP contribution in [-0.4, -0.2) is 11.5 Å². The molecule has 17 heavy (non-hydrogen) atoms. The number of hydrogen-bond donors (Lipinski definition) is 0. The predicted molar refractivity (Wildman–Crippen MR) is 68.4 cm³/mol. The molecule has 2 rings (SSSR count). The summed E-state index contributed by atoms with van der Waals surface area (Å²) in [6.07, 6.45) is 3.07. The van der Waals surface area contributed by atoms with Crippen molar-refractivity contribution in [3.05, 3.63) is 29.6 Å². The Morgan fingerprint density at radius 3 is 2.88 bits per heavy atom. The van der Waals surface area contributed by atoms with Crippen molar-refractivity contribution in [1.29, 1.82) is 0 Å². The van der Waals surface area contributed by atoms with Crippen LogP contribution < -0.4 is 4.74 Å². The summed E-state index contributed by atoms with van der Waals surface area (Å²) >= 11 is 6.00. The minimum absolute atomic E-state index is 0.169. The van der Waals surface area contributed by atoms with Crippen molar-refractivity contribution < 1.29 is 9.13 Å². The van der Waals surface area contributed by atoms with E-state index in [0.717, 1.165) is 24.8 Å². The zero-order valence-corrected chi connectivity index (χ0v) is 11.0. The highest BCUT2D eigenvalue weighted by atomic mass is 35.5. The molecule has 1 aromatic rings. The number of alkyl halides is 1. The Hall–Kier alpha value is -0.760. The van der Waals surface area contributed by atoms with Crippen LogP contribution in [0.25, 0.3) is 0 Å². The van der Waals surface area contributed by atoms with Crippen molar-refractivity contribution in [1.82, 2.24) is 0 Å². The molecule has 0 N–H and O–H groups in total. The number of halogens is 2. The van der Waals surface area contributed by atoms with Gasteiger partial charge in [-0.15, -0.1) is 11.6 Å². The van der Waals surface area contributed by atoms with E-state index in [-0.39, 0.29) is 17.3 Å². The van der Waals surface area contributed by atoms with E-state index in [4.69, 9.17) is 16.3 Å². The average Bonchev–Trinajstić information content (AvgIpc) is 2.63. The Bertz CT molecular complexity index is 392. The molecule has 1 aliphatic rings. The van der Waals surface area contributed by atoms with Gasteiger partial charge in [0.1, 0.15) is 17.7 Å². The second kappa shape index (κ2) is 5.26. The van der Waals surface area contributed by atoms with Gasteiger partial charge in [-0.2, -0.15) is 0 Å². The van der Waals surface area contributed by atoms with Crippen molar-refractivity contribution in [2.45, 2.75) is 50.5 Å². The van der Waals surface area contributed by atoms with Crippen molar-refractivity contribution in [2.24, 2.45) is 0 Å². The zero-order valence-electron chi connectivity index (χ0n) is 10.2. The van der Waals surface area contributed by atoms with E-state index in [1.165, 1.54) is 12.1 Å². The van der Waals surface area contributed by atoms with Crippen LogP contribution in [-0.2, 0) is 0 Å². The zero-order chi connectivity index (χ0) is 12.4. The van der Waals surface area contributed by atoms with E-state index in [2.05, 4.69) is 6.92 Å². The maximum atomic E-state index is 13.1. The van der Waals surface area contributed by atoms with Crippen LogP contribution in [0.3, 0.4) is 0 Å². The van der Waals surface area contributed by atoms with Crippen molar-refractivity contribution >= 4 is 11.6 Å². The van der Waals surface area contributed by atoms with Crippen LogP contribution in [0.2, 0.25) is 0 Å².